The smallest absolute Gasteiger partial charge is 0.137 e. The van der Waals surface area contributed by atoms with Gasteiger partial charge in [0.25, 0.3) is 0 Å². The lowest BCUT2D eigenvalue weighted by Gasteiger charge is -2.08. The second kappa shape index (κ2) is 4.53. The van der Waals surface area contributed by atoms with Crippen molar-refractivity contribution in [2.24, 2.45) is 5.92 Å². The standard InChI is InChI=1S/C13H14ClN3O/c14-11-5-9(10-6-16-17-13(10)15)3-4-12(11)18-7-8-1-2-8/h3-6,8H,1-2,7H2,(H3,15,16,17). The normalized spacial score (nSPS) is 14.7. The van der Waals surface area contributed by atoms with Crippen LogP contribution in [0.25, 0.3) is 11.1 Å². The summed E-state index contributed by atoms with van der Waals surface area (Å²) in [4.78, 5) is 0. The van der Waals surface area contributed by atoms with Crippen molar-refractivity contribution in [1.82, 2.24) is 10.2 Å². The number of halogens is 1. The number of nitrogens with zero attached hydrogens (tertiary/aromatic N) is 1. The number of hydrogen-bond donors (Lipinski definition) is 2. The molecule has 0 atom stereocenters. The molecule has 1 heterocycles. The van der Waals surface area contributed by atoms with Crippen molar-refractivity contribution < 1.29 is 4.74 Å². The van der Waals surface area contributed by atoms with Crippen molar-refractivity contribution in [1.29, 1.82) is 0 Å². The third-order valence-corrected chi connectivity index (χ3v) is 3.38. The largest absolute Gasteiger partial charge is 0.492 e. The maximum atomic E-state index is 6.21. The maximum absolute atomic E-state index is 6.21. The summed E-state index contributed by atoms with van der Waals surface area (Å²) in [6.07, 6.45) is 4.22. The third kappa shape index (κ3) is 2.29. The van der Waals surface area contributed by atoms with Gasteiger partial charge in [-0.1, -0.05) is 17.7 Å². The van der Waals surface area contributed by atoms with Crippen molar-refractivity contribution in [3.05, 3.63) is 29.4 Å². The molecule has 4 nitrogen and oxygen atoms in total. The molecule has 1 fully saturated rings. The summed E-state index contributed by atoms with van der Waals surface area (Å²) in [5, 5.41) is 7.20. The van der Waals surface area contributed by atoms with E-state index in [9.17, 15) is 0 Å². The van der Waals surface area contributed by atoms with E-state index in [1.807, 2.05) is 18.2 Å². The zero-order valence-corrected chi connectivity index (χ0v) is 10.6. The number of benzene rings is 1. The fourth-order valence-corrected chi connectivity index (χ4v) is 2.04. The Kier molecular flexibility index (Phi) is 2.88. The first-order chi connectivity index (χ1) is 8.74. The average molecular weight is 264 g/mol. The SMILES string of the molecule is Nc1[nH]ncc1-c1ccc(OCC2CC2)c(Cl)c1. The molecule has 1 aromatic heterocycles. The fraction of sp³-hybridized carbons (Fsp3) is 0.308. The number of H-pyrrole nitrogens is 1. The highest BCUT2D eigenvalue weighted by Gasteiger charge is 2.22. The molecule has 1 aromatic carbocycles. The van der Waals surface area contributed by atoms with Gasteiger partial charge in [0, 0.05) is 5.56 Å². The van der Waals surface area contributed by atoms with Crippen molar-refractivity contribution >= 4 is 17.4 Å². The van der Waals surface area contributed by atoms with E-state index in [-0.39, 0.29) is 0 Å². The highest BCUT2D eigenvalue weighted by atomic mass is 35.5. The molecule has 3 N–H and O–H groups in total. The molecule has 2 aromatic rings. The van der Waals surface area contributed by atoms with E-state index in [1.165, 1.54) is 12.8 Å². The van der Waals surface area contributed by atoms with Gasteiger partial charge >= 0.3 is 0 Å². The van der Waals surface area contributed by atoms with E-state index in [2.05, 4.69) is 10.2 Å². The first kappa shape index (κ1) is 11.4. The average Bonchev–Trinajstić information content (AvgIpc) is 3.09. The van der Waals surface area contributed by atoms with Gasteiger partial charge in [0.1, 0.15) is 11.6 Å². The van der Waals surface area contributed by atoms with Crippen LogP contribution >= 0.6 is 11.6 Å². The minimum Gasteiger partial charge on any atom is -0.492 e. The van der Waals surface area contributed by atoms with E-state index in [1.54, 1.807) is 6.20 Å². The Hall–Kier alpha value is -1.68. The fourth-order valence-electron chi connectivity index (χ4n) is 1.80. The Morgan fingerprint density at radius 3 is 2.89 bits per heavy atom. The van der Waals surface area contributed by atoms with Crippen molar-refractivity contribution in [3.8, 4) is 16.9 Å². The molecule has 3 rings (SSSR count). The molecule has 1 aliphatic rings. The number of nitrogens with one attached hydrogen (secondary N) is 1. The second-order valence-corrected chi connectivity index (χ2v) is 5.00. The predicted molar refractivity (Wildman–Crippen MR) is 71.7 cm³/mol. The van der Waals surface area contributed by atoms with Gasteiger partial charge < -0.3 is 10.5 Å². The monoisotopic (exact) mass is 263 g/mol. The number of rotatable bonds is 4. The maximum Gasteiger partial charge on any atom is 0.137 e. The van der Waals surface area contributed by atoms with E-state index in [4.69, 9.17) is 22.1 Å². The van der Waals surface area contributed by atoms with Crippen LogP contribution in [0.1, 0.15) is 12.8 Å². The summed E-state index contributed by atoms with van der Waals surface area (Å²) in [6, 6.07) is 5.67. The quantitative estimate of drug-likeness (QED) is 0.891. The number of aromatic amines is 1. The lowest BCUT2D eigenvalue weighted by atomic mass is 10.1. The highest BCUT2D eigenvalue weighted by Crippen LogP contribution is 2.34. The first-order valence-corrected chi connectivity index (χ1v) is 6.33. The van der Waals surface area contributed by atoms with E-state index in [0.29, 0.717) is 16.8 Å². The summed E-state index contributed by atoms with van der Waals surface area (Å²) in [7, 11) is 0. The Morgan fingerprint density at radius 2 is 2.28 bits per heavy atom. The molecule has 18 heavy (non-hydrogen) atoms. The third-order valence-electron chi connectivity index (χ3n) is 3.08. The summed E-state index contributed by atoms with van der Waals surface area (Å²) >= 11 is 6.21. The summed E-state index contributed by atoms with van der Waals surface area (Å²) in [6.45, 7) is 0.757. The number of nitrogens with two attached hydrogens (primary N) is 1. The van der Waals surface area contributed by atoms with E-state index >= 15 is 0 Å². The molecule has 5 heteroatoms. The van der Waals surface area contributed by atoms with Gasteiger partial charge in [0.05, 0.1) is 17.8 Å². The van der Waals surface area contributed by atoms with Crippen LogP contribution in [0.5, 0.6) is 5.75 Å². The van der Waals surface area contributed by atoms with Gasteiger partial charge in [0.2, 0.25) is 0 Å². The van der Waals surface area contributed by atoms with Crippen molar-refractivity contribution in [2.75, 3.05) is 12.3 Å². The molecule has 0 unspecified atom stereocenters. The van der Waals surface area contributed by atoms with Gasteiger partial charge in [-0.15, -0.1) is 0 Å². The van der Waals surface area contributed by atoms with Crippen LogP contribution < -0.4 is 10.5 Å². The van der Waals surface area contributed by atoms with E-state index in [0.717, 1.165) is 23.5 Å². The van der Waals surface area contributed by atoms with Crippen LogP contribution in [0.3, 0.4) is 0 Å². The second-order valence-electron chi connectivity index (χ2n) is 4.60. The summed E-state index contributed by atoms with van der Waals surface area (Å²) < 4.78 is 5.68. The van der Waals surface area contributed by atoms with Crippen LogP contribution in [0.15, 0.2) is 24.4 Å². The summed E-state index contributed by atoms with van der Waals surface area (Å²) in [5.74, 6) is 1.98. The molecule has 0 aliphatic heterocycles. The zero-order chi connectivity index (χ0) is 12.5. The van der Waals surface area contributed by atoms with Gasteiger partial charge in [-0.2, -0.15) is 5.10 Å². The molecule has 94 valence electrons. The highest BCUT2D eigenvalue weighted by molar-refractivity contribution is 6.32. The van der Waals surface area contributed by atoms with Crippen LogP contribution in [0, 0.1) is 5.92 Å². The number of aromatic nitrogens is 2. The van der Waals surface area contributed by atoms with Gasteiger partial charge in [-0.05, 0) is 36.5 Å². The van der Waals surface area contributed by atoms with Crippen molar-refractivity contribution in [3.63, 3.8) is 0 Å². The Morgan fingerprint density at radius 1 is 1.44 bits per heavy atom. The minimum atomic E-state index is 0.540. The molecule has 1 aliphatic carbocycles. The zero-order valence-electron chi connectivity index (χ0n) is 9.82. The lowest BCUT2D eigenvalue weighted by Crippen LogP contribution is -1.99. The first-order valence-electron chi connectivity index (χ1n) is 5.95. The lowest BCUT2D eigenvalue weighted by molar-refractivity contribution is 0.300. The van der Waals surface area contributed by atoms with Gasteiger partial charge in [-0.3, -0.25) is 5.10 Å². The summed E-state index contributed by atoms with van der Waals surface area (Å²) in [5.41, 5.74) is 7.56. The van der Waals surface area contributed by atoms with Gasteiger partial charge in [-0.25, -0.2) is 0 Å². The van der Waals surface area contributed by atoms with Crippen molar-refractivity contribution in [2.45, 2.75) is 12.8 Å². The van der Waals surface area contributed by atoms with Crippen LogP contribution in [-0.4, -0.2) is 16.8 Å². The van der Waals surface area contributed by atoms with Crippen LogP contribution in [0.2, 0.25) is 5.02 Å². The van der Waals surface area contributed by atoms with E-state index < -0.39 is 0 Å². The molecule has 1 saturated carbocycles. The van der Waals surface area contributed by atoms with Gasteiger partial charge in [0.15, 0.2) is 0 Å². The molecule has 0 spiro atoms. The molecular weight excluding hydrogens is 250 g/mol. The number of ether oxygens (including phenoxy) is 1. The molecule has 0 bridgehead atoms. The topological polar surface area (TPSA) is 63.9 Å². The van der Waals surface area contributed by atoms with Crippen LogP contribution in [0.4, 0.5) is 5.82 Å². The number of hydrogen-bond acceptors (Lipinski definition) is 3. The Labute approximate surface area is 110 Å². The van der Waals surface area contributed by atoms with Crippen LogP contribution in [-0.2, 0) is 0 Å². The molecule has 0 radical (unpaired) electrons. The number of anilines is 1. The molecular formula is C13H14ClN3O. The molecule has 0 amide bonds. The number of nitrogen functional groups attached to an aromatic ring is 1. The Balaban J connectivity index is 1.81. The Bertz CT molecular complexity index is 563. The predicted octanol–water partition coefficient (Wildman–Crippen LogP) is 3.10. The molecule has 0 saturated heterocycles. The minimum absolute atomic E-state index is 0.540.